The number of oxime groups is 1. The van der Waals surface area contributed by atoms with E-state index in [0.29, 0.717) is 17.1 Å². The summed E-state index contributed by atoms with van der Waals surface area (Å²) in [4.78, 5) is 0. The van der Waals surface area contributed by atoms with E-state index >= 15 is 0 Å². The second-order valence-corrected chi connectivity index (χ2v) is 4.42. The minimum absolute atomic E-state index is 0.102. The number of benzene rings is 2. The van der Waals surface area contributed by atoms with E-state index in [9.17, 15) is 0 Å². The molecule has 0 bridgehead atoms. The standard InChI is InChI=1S/C14H14ClN3O/c15-12-3-1-2-4-13(12)17-9-10-5-7-11(8-6-10)14(16)18-19/h1-8,17,19H,9H2,(H2,16,18). The van der Waals surface area contributed by atoms with Crippen molar-refractivity contribution in [3.63, 3.8) is 0 Å². The van der Waals surface area contributed by atoms with Gasteiger partial charge in [0.1, 0.15) is 0 Å². The number of anilines is 1. The van der Waals surface area contributed by atoms with Gasteiger partial charge in [0.25, 0.3) is 0 Å². The van der Waals surface area contributed by atoms with Gasteiger partial charge in [-0.05, 0) is 17.7 Å². The Labute approximate surface area is 116 Å². The zero-order chi connectivity index (χ0) is 13.7. The van der Waals surface area contributed by atoms with Crippen molar-refractivity contribution < 1.29 is 5.21 Å². The van der Waals surface area contributed by atoms with E-state index in [-0.39, 0.29) is 5.84 Å². The summed E-state index contributed by atoms with van der Waals surface area (Å²) in [5, 5.41) is 15.5. The number of halogens is 1. The van der Waals surface area contributed by atoms with Crippen LogP contribution < -0.4 is 11.1 Å². The number of amidine groups is 1. The van der Waals surface area contributed by atoms with Gasteiger partial charge in [-0.25, -0.2) is 0 Å². The molecule has 2 aromatic rings. The molecule has 2 rings (SSSR count). The maximum absolute atomic E-state index is 8.58. The highest BCUT2D eigenvalue weighted by atomic mass is 35.5. The van der Waals surface area contributed by atoms with Gasteiger partial charge in [-0.3, -0.25) is 0 Å². The number of hydrogen-bond donors (Lipinski definition) is 3. The number of hydrogen-bond acceptors (Lipinski definition) is 3. The van der Waals surface area contributed by atoms with Crippen molar-refractivity contribution in [2.24, 2.45) is 10.9 Å². The molecule has 5 heteroatoms. The molecule has 98 valence electrons. The Hall–Kier alpha value is -2.20. The predicted octanol–water partition coefficient (Wildman–Crippen LogP) is 3.05. The average Bonchev–Trinajstić information content (AvgIpc) is 2.46. The second kappa shape index (κ2) is 6.11. The quantitative estimate of drug-likeness (QED) is 0.348. The van der Waals surface area contributed by atoms with Gasteiger partial charge >= 0.3 is 0 Å². The second-order valence-electron chi connectivity index (χ2n) is 4.02. The lowest BCUT2D eigenvalue weighted by atomic mass is 10.1. The fourth-order valence-corrected chi connectivity index (χ4v) is 1.86. The smallest absolute Gasteiger partial charge is 0.170 e. The van der Waals surface area contributed by atoms with Crippen LogP contribution in [0.2, 0.25) is 5.02 Å². The molecule has 0 atom stereocenters. The molecule has 19 heavy (non-hydrogen) atoms. The first-order valence-corrected chi connectivity index (χ1v) is 6.14. The van der Waals surface area contributed by atoms with Crippen LogP contribution in [0.25, 0.3) is 0 Å². The largest absolute Gasteiger partial charge is 0.409 e. The van der Waals surface area contributed by atoms with Gasteiger partial charge in [0, 0.05) is 12.1 Å². The first-order chi connectivity index (χ1) is 9.20. The topological polar surface area (TPSA) is 70.6 Å². The van der Waals surface area contributed by atoms with E-state index < -0.39 is 0 Å². The Kier molecular flexibility index (Phi) is 4.26. The fourth-order valence-electron chi connectivity index (χ4n) is 1.65. The van der Waals surface area contributed by atoms with Crippen molar-refractivity contribution in [3.8, 4) is 0 Å². The van der Waals surface area contributed by atoms with Crippen LogP contribution in [-0.2, 0) is 6.54 Å². The van der Waals surface area contributed by atoms with Crippen molar-refractivity contribution in [1.82, 2.24) is 0 Å². The molecular weight excluding hydrogens is 262 g/mol. The van der Waals surface area contributed by atoms with E-state index in [2.05, 4.69) is 10.5 Å². The summed E-state index contributed by atoms with van der Waals surface area (Å²) >= 11 is 6.05. The summed E-state index contributed by atoms with van der Waals surface area (Å²) in [6.07, 6.45) is 0. The zero-order valence-corrected chi connectivity index (χ0v) is 10.9. The maximum atomic E-state index is 8.58. The van der Waals surface area contributed by atoms with Crippen LogP contribution in [0.1, 0.15) is 11.1 Å². The molecule has 0 amide bonds. The normalized spacial score (nSPS) is 11.3. The van der Waals surface area contributed by atoms with Gasteiger partial charge in [-0.1, -0.05) is 53.2 Å². The Morgan fingerprint density at radius 2 is 1.84 bits per heavy atom. The molecule has 0 unspecified atom stereocenters. The molecule has 0 aliphatic carbocycles. The lowest BCUT2D eigenvalue weighted by Crippen LogP contribution is -2.13. The van der Waals surface area contributed by atoms with Gasteiger partial charge in [-0.2, -0.15) is 0 Å². The highest BCUT2D eigenvalue weighted by molar-refractivity contribution is 6.33. The average molecular weight is 276 g/mol. The summed E-state index contributed by atoms with van der Waals surface area (Å²) in [5.41, 5.74) is 8.15. The lowest BCUT2D eigenvalue weighted by Gasteiger charge is -2.08. The molecule has 0 saturated heterocycles. The number of para-hydroxylation sites is 1. The molecule has 0 saturated carbocycles. The third-order valence-corrected chi connectivity index (χ3v) is 3.04. The molecule has 0 aliphatic heterocycles. The first-order valence-electron chi connectivity index (χ1n) is 5.76. The Balaban J connectivity index is 2.03. The highest BCUT2D eigenvalue weighted by Crippen LogP contribution is 2.21. The van der Waals surface area contributed by atoms with Crippen molar-refractivity contribution in [1.29, 1.82) is 0 Å². The fraction of sp³-hybridized carbons (Fsp3) is 0.0714. The van der Waals surface area contributed by atoms with Crippen molar-refractivity contribution in [2.75, 3.05) is 5.32 Å². The highest BCUT2D eigenvalue weighted by Gasteiger charge is 2.01. The van der Waals surface area contributed by atoms with E-state index in [1.807, 2.05) is 36.4 Å². The van der Waals surface area contributed by atoms with E-state index in [4.69, 9.17) is 22.5 Å². The molecule has 0 spiro atoms. The lowest BCUT2D eigenvalue weighted by molar-refractivity contribution is 0.318. The molecule has 4 N–H and O–H groups in total. The van der Waals surface area contributed by atoms with E-state index in [1.165, 1.54) is 0 Å². The Morgan fingerprint density at radius 3 is 2.47 bits per heavy atom. The van der Waals surface area contributed by atoms with Gasteiger partial charge < -0.3 is 16.3 Å². The predicted molar refractivity (Wildman–Crippen MR) is 77.7 cm³/mol. The minimum atomic E-state index is 0.102. The zero-order valence-electron chi connectivity index (χ0n) is 10.2. The van der Waals surface area contributed by atoms with E-state index in [1.54, 1.807) is 12.1 Å². The number of nitrogens with two attached hydrogens (primary N) is 1. The third kappa shape index (κ3) is 3.39. The van der Waals surface area contributed by atoms with Crippen LogP contribution in [0.4, 0.5) is 5.69 Å². The van der Waals surface area contributed by atoms with Crippen LogP contribution in [0, 0.1) is 0 Å². The maximum Gasteiger partial charge on any atom is 0.170 e. The molecule has 0 aliphatic rings. The molecule has 0 radical (unpaired) electrons. The van der Waals surface area contributed by atoms with E-state index in [0.717, 1.165) is 11.3 Å². The summed E-state index contributed by atoms with van der Waals surface area (Å²) < 4.78 is 0. The van der Waals surface area contributed by atoms with Crippen LogP contribution in [0.3, 0.4) is 0 Å². The van der Waals surface area contributed by atoms with Crippen molar-refractivity contribution in [2.45, 2.75) is 6.54 Å². The monoisotopic (exact) mass is 275 g/mol. The van der Waals surface area contributed by atoms with Gasteiger partial charge in [0.05, 0.1) is 10.7 Å². The first kappa shape index (κ1) is 13.2. The molecule has 4 nitrogen and oxygen atoms in total. The van der Waals surface area contributed by atoms with Crippen LogP contribution in [-0.4, -0.2) is 11.0 Å². The molecule has 0 aromatic heterocycles. The minimum Gasteiger partial charge on any atom is -0.409 e. The number of rotatable bonds is 4. The van der Waals surface area contributed by atoms with Crippen molar-refractivity contribution in [3.05, 3.63) is 64.7 Å². The molecule has 0 fully saturated rings. The number of nitrogens with one attached hydrogen (secondary N) is 1. The molecular formula is C14H14ClN3O. The summed E-state index contributed by atoms with van der Waals surface area (Å²) in [5.74, 6) is 0.102. The van der Waals surface area contributed by atoms with Gasteiger partial charge in [-0.15, -0.1) is 0 Å². The summed E-state index contributed by atoms with van der Waals surface area (Å²) in [6.45, 7) is 0.653. The van der Waals surface area contributed by atoms with Crippen LogP contribution >= 0.6 is 11.6 Å². The summed E-state index contributed by atoms with van der Waals surface area (Å²) in [6, 6.07) is 15.0. The van der Waals surface area contributed by atoms with Crippen molar-refractivity contribution >= 4 is 23.1 Å². The van der Waals surface area contributed by atoms with Crippen LogP contribution in [0.5, 0.6) is 0 Å². The summed E-state index contributed by atoms with van der Waals surface area (Å²) in [7, 11) is 0. The molecule has 2 aromatic carbocycles. The Morgan fingerprint density at radius 1 is 1.16 bits per heavy atom. The van der Waals surface area contributed by atoms with Gasteiger partial charge in [0.15, 0.2) is 5.84 Å². The SMILES string of the molecule is NC(=NO)c1ccc(CNc2ccccc2Cl)cc1. The number of nitrogens with zero attached hydrogens (tertiary/aromatic N) is 1. The molecule has 0 heterocycles. The Bertz CT molecular complexity index is 581. The third-order valence-electron chi connectivity index (χ3n) is 2.71. The van der Waals surface area contributed by atoms with Crippen LogP contribution in [0.15, 0.2) is 53.7 Å². The van der Waals surface area contributed by atoms with Gasteiger partial charge in [0.2, 0.25) is 0 Å².